The first-order valence-corrected chi connectivity index (χ1v) is 10.5. The Morgan fingerprint density at radius 1 is 0.741 bits per heavy atom. The highest BCUT2D eigenvalue weighted by molar-refractivity contribution is 7.92. The molecule has 3 aromatic carbocycles. The molecule has 0 radical (unpaired) electrons. The third-order valence-electron chi connectivity index (χ3n) is 4.02. The van der Waals surface area contributed by atoms with Gasteiger partial charge in [0.05, 0.1) is 4.90 Å². The zero-order valence-corrected chi connectivity index (χ0v) is 15.7. The molecule has 0 unspecified atom stereocenters. The summed E-state index contributed by atoms with van der Waals surface area (Å²) >= 11 is 1.43. The van der Waals surface area contributed by atoms with E-state index in [1.165, 1.54) is 11.3 Å². The van der Waals surface area contributed by atoms with Crippen LogP contribution in [0, 0.1) is 0 Å². The highest BCUT2D eigenvalue weighted by Crippen LogP contribution is 2.25. The lowest BCUT2D eigenvalue weighted by Gasteiger charge is -2.09. The first-order valence-electron chi connectivity index (χ1n) is 8.17. The van der Waals surface area contributed by atoms with E-state index in [9.17, 15) is 8.42 Å². The minimum absolute atomic E-state index is 0.218. The zero-order chi connectivity index (χ0) is 18.7. The Hall–Kier alpha value is -3.03. The minimum Gasteiger partial charge on any atom is -0.280 e. The van der Waals surface area contributed by atoms with Crippen LogP contribution in [0.15, 0.2) is 89.3 Å². The van der Waals surface area contributed by atoms with Gasteiger partial charge in [-0.2, -0.15) is 0 Å². The van der Waals surface area contributed by atoms with Crippen LogP contribution in [0.5, 0.6) is 0 Å². The van der Waals surface area contributed by atoms with Crippen molar-refractivity contribution in [2.45, 2.75) is 4.90 Å². The molecule has 0 bridgehead atoms. The van der Waals surface area contributed by atoms with Crippen LogP contribution in [0.1, 0.15) is 0 Å². The third-order valence-corrected chi connectivity index (χ3v) is 6.15. The van der Waals surface area contributed by atoms with Gasteiger partial charge in [0.1, 0.15) is 10.5 Å². The highest BCUT2D eigenvalue weighted by atomic mass is 32.2. The summed E-state index contributed by atoms with van der Waals surface area (Å²) in [4.78, 5) is 0.218. The van der Waals surface area contributed by atoms with E-state index in [-0.39, 0.29) is 4.90 Å². The summed E-state index contributed by atoms with van der Waals surface area (Å²) in [5.41, 5.74) is 5.06. The van der Waals surface area contributed by atoms with Gasteiger partial charge in [-0.25, -0.2) is 8.42 Å². The normalized spacial score (nSPS) is 11.3. The quantitative estimate of drug-likeness (QED) is 0.535. The number of benzene rings is 3. The summed E-state index contributed by atoms with van der Waals surface area (Å²) in [7, 11) is -3.65. The van der Waals surface area contributed by atoms with Gasteiger partial charge in [0.25, 0.3) is 10.0 Å². The van der Waals surface area contributed by atoms with E-state index >= 15 is 0 Å². The van der Waals surface area contributed by atoms with Crippen molar-refractivity contribution in [3.05, 3.63) is 84.4 Å². The lowest BCUT2D eigenvalue weighted by Crippen LogP contribution is -2.12. The lowest BCUT2D eigenvalue weighted by atomic mass is 10.1. The lowest BCUT2D eigenvalue weighted by molar-refractivity contribution is 0.601. The Bertz CT molecular complexity index is 1120. The van der Waals surface area contributed by atoms with Crippen molar-refractivity contribution < 1.29 is 8.42 Å². The smallest absolute Gasteiger partial charge is 0.261 e. The number of hydrogen-bond acceptors (Lipinski definition) is 5. The molecule has 0 atom stereocenters. The molecule has 1 aromatic heterocycles. The van der Waals surface area contributed by atoms with E-state index < -0.39 is 10.0 Å². The Morgan fingerprint density at radius 3 is 2.00 bits per heavy atom. The largest absolute Gasteiger partial charge is 0.280 e. The maximum absolute atomic E-state index is 12.6. The van der Waals surface area contributed by atoms with Crippen LogP contribution in [-0.2, 0) is 10.0 Å². The highest BCUT2D eigenvalue weighted by Gasteiger charge is 2.14. The maximum atomic E-state index is 12.6. The second-order valence-electron chi connectivity index (χ2n) is 5.82. The Labute approximate surface area is 161 Å². The van der Waals surface area contributed by atoms with Crippen LogP contribution < -0.4 is 4.72 Å². The summed E-state index contributed by atoms with van der Waals surface area (Å²) in [6.45, 7) is 0. The molecule has 0 amide bonds. The summed E-state index contributed by atoms with van der Waals surface area (Å²) in [6.07, 6.45) is 0. The van der Waals surface area contributed by atoms with Crippen LogP contribution in [0.2, 0.25) is 0 Å². The van der Waals surface area contributed by atoms with E-state index in [1.807, 2.05) is 54.6 Å². The van der Waals surface area contributed by atoms with Crippen molar-refractivity contribution in [2.75, 3.05) is 4.72 Å². The molecule has 4 rings (SSSR count). The number of rotatable bonds is 5. The van der Waals surface area contributed by atoms with Gasteiger partial charge in [-0.15, -0.1) is 10.2 Å². The molecule has 0 aliphatic carbocycles. The van der Waals surface area contributed by atoms with Crippen molar-refractivity contribution >= 4 is 27.0 Å². The number of sulfonamides is 1. The predicted molar refractivity (Wildman–Crippen MR) is 108 cm³/mol. The molecule has 0 saturated carbocycles. The summed E-state index contributed by atoms with van der Waals surface area (Å²) in [5, 5.41) is 8.60. The molecular weight excluding hydrogens is 378 g/mol. The number of hydrogen-bond donors (Lipinski definition) is 1. The fourth-order valence-corrected chi connectivity index (χ4v) is 4.27. The second-order valence-corrected chi connectivity index (χ2v) is 8.33. The number of aromatic nitrogens is 2. The predicted octanol–water partition coefficient (Wildman–Crippen LogP) is 4.67. The van der Waals surface area contributed by atoms with Gasteiger partial charge in [0.2, 0.25) is 0 Å². The van der Waals surface area contributed by atoms with Crippen LogP contribution in [0.4, 0.5) is 5.69 Å². The molecule has 5 nitrogen and oxygen atoms in total. The van der Waals surface area contributed by atoms with Crippen molar-refractivity contribution in [2.24, 2.45) is 0 Å². The minimum atomic E-state index is -3.65. The fraction of sp³-hybridized carbons (Fsp3) is 0. The monoisotopic (exact) mass is 393 g/mol. The van der Waals surface area contributed by atoms with Crippen molar-refractivity contribution in [1.29, 1.82) is 0 Å². The van der Waals surface area contributed by atoms with Crippen molar-refractivity contribution in [3.63, 3.8) is 0 Å². The number of anilines is 1. The van der Waals surface area contributed by atoms with Crippen LogP contribution in [-0.4, -0.2) is 18.6 Å². The SMILES string of the molecule is O=S(=O)(Nc1ccc(-c2nncs2)cc1)c1ccc(-c2ccccc2)cc1. The van der Waals surface area contributed by atoms with Crippen LogP contribution in [0.25, 0.3) is 21.7 Å². The van der Waals surface area contributed by atoms with E-state index in [1.54, 1.807) is 29.8 Å². The first-order chi connectivity index (χ1) is 13.1. The standard InChI is InChI=1S/C20H15N3O2S2/c24-27(25,19-12-8-16(9-13-19)15-4-2-1-3-5-15)23-18-10-6-17(7-11-18)20-22-21-14-26-20/h1-14,23H. The Morgan fingerprint density at radius 2 is 1.37 bits per heavy atom. The average Bonchev–Trinajstić information content (AvgIpc) is 3.24. The maximum Gasteiger partial charge on any atom is 0.261 e. The molecule has 0 spiro atoms. The van der Waals surface area contributed by atoms with Gasteiger partial charge in [0.15, 0.2) is 0 Å². The summed E-state index contributed by atoms with van der Waals surface area (Å²) in [5.74, 6) is 0. The summed E-state index contributed by atoms with van der Waals surface area (Å²) < 4.78 is 27.9. The molecule has 0 fully saturated rings. The van der Waals surface area contributed by atoms with Gasteiger partial charge >= 0.3 is 0 Å². The van der Waals surface area contributed by atoms with E-state index in [0.717, 1.165) is 21.7 Å². The number of nitrogens with one attached hydrogen (secondary N) is 1. The van der Waals surface area contributed by atoms with E-state index in [2.05, 4.69) is 14.9 Å². The zero-order valence-electron chi connectivity index (χ0n) is 14.1. The van der Waals surface area contributed by atoms with Crippen molar-refractivity contribution in [3.8, 4) is 21.7 Å². The summed E-state index contributed by atoms with van der Waals surface area (Å²) in [6, 6.07) is 23.7. The molecule has 1 heterocycles. The molecule has 134 valence electrons. The molecule has 0 aliphatic rings. The molecule has 7 heteroatoms. The molecule has 27 heavy (non-hydrogen) atoms. The van der Waals surface area contributed by atoms with Gasteiger partial charge in [-0.1, -0.05) is 53.8 Å². The topological polar surface area (TPSA) is 72.0 Å². The van der Waals surface area contributed by atoms with Gasteiger partial charge in [-0.3, -0.25) is 4.72 Å². The van der Waals surface area contributed by atoms with Gasteiger partial charge in [0, 0.05) is 11.3 Å². The van der Waals surface area contributed by atoms with Crippen molar-refractivity contribution in [1.82, 2.24) is 10.2 Å². The molecule has 0 aliphatic heterocycles. The molecule has 4 aromatic rings. The Balaban J connectivity index is 1.53. The Kier molecular flexibility index (Phi) is 4.70. The number of nitrogens with zero attached hydrogens (tertiary/aromatic N) is 2. The third kappa shape index (κ3) is 3.89. The molecular formula is C20H15N3O2S2. The molecule has 1 N–H and O–H groups in total. The van der Waals surface area contributed by atoms with Crippen LogP contribution in [0.3, 0.4) is 0 Å². The average molecular weight is 393 g/mol. The van der Waals surface area contributed by atoms with Crippen LogP contribution >= 0.6 is 11.3 Å². The second kappa shape index (κ2) is 7.30. The van der Waals surface area contributed by atoms with Gasteiger partial charge < -0.3 is 0 Å². The van der Waals surface area contributed by atoms with E-state index in [4.69, 9.17) is 0 Å². The first kappa shape index (κ1) is 17.4. The van der Waals surface area contributed by atoms with E-state index in [0.29, 0.717) is 5.69 Å². The molecule has 0 saturated heterocycles. The fourth-order valence-electron chi connectivity index (χ4n) is 2.65. The van der Waals surface area contributed by atoms with Gasteiger partial charge in [-0.05, 0) is 47.5 Å².